The molecule has 5 heteroatoms. The Labute approximate surface area is 127 Å². The molecular weight excluding hydrogens is 293 g/mol. The third kappa shape index (κ3) is 4.33. The highest BCUT2D eigenvalue weighted by molar-refractivity contribution is 6.32. The first kappa shape index (κ1) is 15.1. The topological polar surface area (TPSA) is 38.3 Å². The number of amides is 1. The van der Waals surface area contributed by atoms with Crippen molar-refractivity contribution in [1.29, 1.82) is 0 Å². The van der Waals surface area contributed by atoms with Crippen LogP contribution in [-0.4, -0.2) is 13.0 Å². The summed E-state index contributed by atoms with van der Waals surface area (Å²) in [5.41, 5.74) is 1.30. The Morgan fingerprint density at radius 1 is 1.24 bits per heavy atom. The zero-order chi connectivity index (χ0) is 15.2. The molecule has 0 aliphatic heterocycles. The number of anilines is 1. The molecule has 108 valence electrons. The van der Waals surface area contributed by atoms with Gasteiger partial charge in [0.25, 0.3) is 0 Å². The molecule has 0 aliphatic rings. The Morgan fingerprint density at radius 3 is 2.57 bits per heavy atom. The molecule has 3 nitrogen and oxygen atoms in total. The Hall–Kier alpha value is -2.33. The van der Waals surface area contributed by atoms with E-state index in [-0.39, 0.29) is 11.7 Å². The van der Waals surface area contributed by atoms with Gasteiger partial charge >= 0.3 is 0 Å². The third-order valence-electron chi connectivity index (χ3n) is 2.72. The maximum atomic E-state index is 12.7. The lowest BCUT2D eigenvalue weighted by Gasteiger charge is -2.06. The van der Waals surface area contributed by atoms with E-state index in [9.17, 15) is 9.18 Å². The fourth-order valence-corrected chi connectivity index (χ4v) is 1.93. The van der Waals surface area contributed by atoms with Crippen molar-refractivity contribution in [3.8, 4) is 5.75 Å². The molecule has 0 fully saturated rings. The van der Waals surface area contributed by atoms with E-state index in [1.165, 1.54) is 25.3 Å². The van der Waals surface area contributed by atoms with Crippen LogP contribution in [0.3, 0.4) is 0 Å². The van der Waals surface area contributed by atoms with E-state index in [4.69, 9.17) is 16.3 Å². The van der Waals surface area contributed by atoms with Crippen LogP contribution in [0.5, 0.6) is 5.75 Å². The maximum absolute atomic E-state index is 12.7. The van der Waals surface area contributed by atoms with Crippen molar-refractivity contribution in [1.82, 2.24) is 0 Å². The van der Waals surface area contributed by atoms with Crippen LogP contribution in [0.4, 0.5) is 10.1 Å². The largest absolute Gasteiger partial charge is 0.495 e. The highest BCUT2D eigenvalue weighted by Crippen LogP contribution is 2.27. The Morgan fingerprint density at radius 2 is 1.95 bits per heavy atom. The van der Waals surface area contributed by atoms with Crippen LogP contribution >= 0.6 is 11.6 Å². The van der Waals surface area contributed by atoms with Crippen molar-refractivity contribution in [3.63, 3.8) is 0 Å². The van der Waals surface area contributed by atoms with Gasteiger partial charge in [-0.05, 0) is 42.0 Å². The Kier molecular flexibility index (Phi) is 4.95. The molecule has 2 rings (SSSR count). The summed E-state index contributed by atoms with van der Waals surface area (Å²) in [6.45, 7) is 0. The minimum atomic E-state index is -0.315. The van der Waals surface area contributed by atoms with Crippen LogP contribution in [0.15, 0.2) is 48.5 Å². The van der Waals surface area contributed by atoms with Crippen LogP contribution in [0.1, 0.15) is 5.56 Å². The van der Waals surface area contributed by atoms with Crippen LogP contribution in [-0.2, 0) is 4.79 Å². The zero-order valence-corrected chi connectivity index (χ0v) is 12.0. The summed E-state index contributed by atoms with van der Waals surface area (Å²) >= 11 is 5.97. The molecule has 0 aromatic heterocycles. The zero-order valence-electron chi connectivity index (χ0n) is 11.3. The number of benzene rings is 2. The second-order valence-corrected chi connectivity index (χ2v) is 4.63. The van der Waals surface area contributed by atoms with Gasteiger partial charge in [-0.1, -0.05) is 23.7 Å². The van der Waals surface area contributed by atoms with Gasteiger partial charge in [0.05, 0.1) is 12.1 Å². The molecule has 0 bridgehead atoms. The monoisotopic (exact) mass is 305 g/mol. The van der Waals surface area contributed by atoms with Gasteiger partial charge in [0.2, 0.25) is 5.91 Å². The van der Waals surface area contributed by atoms with E-state index in [2.05, 4.69) is 5.32 Å². The van der Waals surface area contributed by atoms with Crippen LogP contribution in [0.2, 0.25) is 5.02 Å². The van der Waals surface area contributed by atoms with Crippen LogP contribution in [0.25, 0.3) is 6.08 Å². The minimum Gasteiger partial charge on any atom is -0.495 e. The van der Waals surface area contributed by atoms with Crippen molar-refractivity contribution in [2.24, 2.45) is 0 Å². The molecule has 2 aromatic carbocycles. The van der Waals surface area contributed by atoms with Gasteiger partial charge < -0.3 is 10.1 Å². The highest BCUT2D eigenvalue weighted by Gasteiger charge is 2.03. The molecule has 21 heavy (non-hydrogen) atoms. The molecule has 0 radical (unpaired) electrons. The number of methoxy groups -OCH3 is 1. The SMILES string of the molecule is COc1ccc(NC(=O)/C=C/c2ccc(F)cc2)cc1Cl. The smallest absolute Gasteiger partial charge is 0.248 e. The minimum absolute atomic E-state index is 0.305. The van der Waals surface area contributed by atoms with E-state index >= 15 is 0 Å². The fourth-order valence-electron chi connectivity index (χ4n) is 1.67. The molecule has 0 spiro atoms. The number of hydrogen-bond acceptors (Lipinski definition) is 2. The molecule has 0 saturated carbocycles. The van der Waals surface area contributed by atoms with Crippen LogP contribution < -0.4 is 10.1 Å². The number of halogens is 2. The molecule has 0 aliphatic carbocycles. The van der Waals surface area contributed by atoms with E-state index < -0.39 is 0 Å². The van der Waals surface area contributed by atoms with Gasteiger partial charge in [-0.15, -0.1) is 0 Å². The van der Waals surface area contributed by atoms with Crippen molar-refractivity contribution in [2.45, 2.75) is 0 Å². The van der Waals surface area contributed by atoms with Crippen molar-refractivity contribution in [3.05, 3.63) is 64.9 Å². The molecular formula is C16H13ClFNO2. The van der Waals surface area contributed by atoms with Gasteiger partial charge in [0.15, 0.2) is 0 Å². The number of nitrogens with one attached hydrogen (secondary N) is 1. The van der Waals surface area contributed by atoms with Gasteiger partial charge in [-0.25, -0.2) is 4.39 Å². The molecule has 1 amide bonds. The first-order valence-electron chi connectivity index (χ1n) is 6.16. The lowest BCUT2D eigenvalue weighted by Crippen LogP contribution is -2.07. The average molecular weight is 306 g/mol. The summed E-state index contributed by atoms with van der Waals surface area (Å²) in [4.78, 5) is 11.8. The van der Waals surface area contributed by atoms with Gasteiger partial charge in [0.1, 0.15) is 11.6 Å². The van der Waals surface area contributed by atoms with Gasteiger partial charge in [0, 0.05) is 11.8 Å². The predicted octanol–water partition coefficient (Wildman–Crippen LogP) is 4.14. The van der Waals surface area contributed by atoms with E-state index in [0.29, 0.717) is 16.5 Å². The molecule has 1 N–H and O–H groups in total. The lowest BCUT2D eigenvalue weighted by atomic mass is 10.2. The summed E-state index contributed by atoms with van der Waals surface area (Å²) in [5.74, 6) is -0.0819. The van der Waals surface area contributed by atoms with Crippen molar-refractivity contribution >= 4 is 29.3 Å². The standard InChI is InChI=1S/C16H13ClFNO2/c1-21-15-8-7-13(10-14(15)17)19-16(20)9-4-11-2-5-12(18)6-3-11/h2-10H,1H3,(H,19,20)/b9-4+. The Balaban J connectivity index is 2.01. The first-order chi connectivity index (χ1) is 10.1. The molecule has 0 heterocycles. The molecule has 0 atom stereocenters. The number of hydrogen-bond donors (Lipinski definition) is 1. The lowest BCUT2D eigenvalue weighted by molar-refractivity contribution is -0.111. The van der Waals surface area contributed by atoms with Crippen molar-refractivity contribution < 1.29 is 13.9 Å². The maximum Gasteiger partial charge on any atom is 0.248 e. The molecule has 0 unspecified atom stereocenters. The number of carbonyl (C=O) groups is 1. The second kappa shape index (κ2) is 6.90. The Bertz CT molecular complexity index is 668. The summed E-state index contributed by atoms with van der Waals surface area (Å²) in [5, 5.41) is 3.09. The number of ether oxygens (including phenoxy) is 1. The number of carbonyl (C=O) groups excluding carboxylic acids is 1. The normalized spacial score (nSPS) is 10.6. The van der Waals surface area contributed by atoms with E-state index in [0.717, 1.165) is 5.56 Å². The average Bonchev–Trinajstić information content (AvgIpc) is 2.47. The quantitative estimate of drug-likeness (QED) is 0.862. The summed E-state index contributed by atoms with van der Waals surface area (Å²) in [7, 11) is 1.52. The van der Waals surface area contributed by atoms with Crippen molar-refractivity contribution in [2.75, 3.05) is 12.4 Å². The third-order valence-corrected chi connectivity index (χ3v) is 3.01. The summed E-state index contributed by atoms with van der Waals surface area (Å²) in [6.07, 6.45) is 2.96. The second-order valence-electron chi connectivity index (χ2n) is 4.22. The van der Waals surface area contributed by atoms with Gasteiger partial charge in [-0.3, -0.25) is 4.79 Å². The predicted molar refractivity (Wildman–Crippen MR) is 82.1 cm³/mol. The molecule has 2 aromatic rings. The summed E-state index contributed by atoms with van der Waals surface area (Å²) in [6, 6.07) is 10.8. The van der Waals surface area contributed by atoms with E-state index in [1.54, 1.807) is 36.4 Å². The number of rotatable bonds is 4. The van der Waals surface area contributed by atoms with Crippen LogP contribution in [0, 0.1) is 5.82 Å². The first-order valence-corrected chi connectivity index (χ1v) is 6.54. The summed E-state index contributed by atoms with van der Waals surface area (Å²) < 4.78 is 17.8. The van der Waals surface area contributed by atoms with Gasteiger partial charge in [-0.2, -0.15) is 0 Å². The fraction of sp³-hybridized carbons (Fsp3) is 0.0625. The molecule has 0 saturated heterocycles. The highest BCUT2D eigenvalue weighted by atomic mass is 35.5. The van der Waals surface area contributed by atoms with E-state index in [1.807, 2.05) is 0 Å².